The zero-order valence-electron chi connectivity index (χ0n) is 15.5. The first-order valence-electron chi connectivity index (χ1n) is 9.17. The lowest BCUT2D eigenvalue weighted by Crippen LogP contribution is -2.17. The first-order valence-corrected chi connectivity index (χ1v) is 9.55. The van der Waals surface area contributed by atoms with E-state index in [1.807, 2.05) is 41.9 Å². The summed E-state index contributed by atoms with van der Waals surface area (Å²) >= 11 is 6.45. The number of nitrogens with zero attached hydrogens (tertiary/aromatic N) is 3. The molecule has 142 valence electrons. The number of halogens is 2. The Morgan fingerprint density at radius 1 is 1.07 bits per heavy atom. The molecule has 2 heterocycles. The van der Waals surface area contributed by atoms with Crippen LogP contribution in [0, 0.1) is 12.7 Å². The van der Waals surface area contributed by atoms with E-state index in [1.54, 1.807) is 12.1 Å². The molecule has 0 aliphatic heterocycles. The number of hydrogen-bond donors (Lipinski definition) is 1. The van der Waals surface area contributed by atoms with Crippen LogP contribution in [0.5, 0.6) is 0 Å². The van der Waals surface area contributed by atoms with E-state index in [-0.39, 0.29) is 5.82 Å². The molecule has 0 saturated carbocycles. The van der Waals surface area contributed by atoms with Gasteiger partial charge in [0.05, 0.1) is 11.4 Å². The van der Waals surface area contributed by atoms with Gasteiger partial charge in [-0.05, 0) is 55.8 Å². The molecule has 2 aromatic carbocycles. The van der Waals surface area contributed by atoms with Gasteiger partial charge in [0.2, 0.25) is 0 Å². The Labute approximate surface area is 168 Å². The molecular formula is C22H20ClFN4. The molecule has 0 spiro atoms. The van der Waals surface area contributed by atoms with E-state index >= 15 is 0 Å². The van der Waals surface area contributed by atoms with Crippen molar-refractivity contribution < 1.29 is 4.39 Å². The van der Waals surface area contributed by atoms with Crippen molar-refractivity contribution in [1.29, 1.82) is 0 Å². The first kappa shape index (κ1) is 18.6. The predicted molar refractivity (Wildman–Crippen MR) is 110 cm³/mol. The second-order valence-corrected chi connectivity index (χ2v) is 7.05. The van der Waals surface area contributed by atoms with Crippen molar-refractivity contribution >= 4 is 22.6 Å². The summed E-state index contributed by atoms with van der Waals surface area (Å²) in [5.41, 5.74) is 4.64. The lowest BCUT2D eigenvalue weighted by atomic mass is 10.1. The smallest absolute Gasteiger partial charge is 0.164 e. The highest BCUT2D eigenvalue weighted by Crippen LogP contribution is 2.25. The van der Waals surface area contributed by atoms with Gasteiger partial charge in [0.25, 0.3) is 0 Å². The average molecular weight is 395 g/mol. The van der Waals surface area contributed by atoms with Crippen LogP contribution in [0.15, 0.2) is 60.7 Å². The molecule has 0 atom stereocenters. The van der Waals surface area contributed by atoms with Crippen molar-refractivity contribution in [3.8, 4) is 5.69 Å². The Morgan fingerprint density at radius 2 is 1.82 bits per heavy atom. The second-order valence-electron chi connectivity index (χ2n) is 6.70. The van der Waals surface area contributed by atoms with E-state index in [1.165, 1.54) is 12.1 Å². The standard InChI is InChI=1S/C22H20ClFN4/c1-15-20-13-17(14-25-12-11-16-7-9-18(24)10-8-16)21(23)26-22(20)28(27-15)19-5-3-2-4-6-19/h2-10,13,25H,11-12,14H2,1H3. The van der Waals surface area contributed by atoms with Gasteiger partial charge in [0, 0.05) is 17.5 Å². The van der Waals surface area contributed by atoms with Crippen LogP contribution < -0.4 is 5.32 Å². The van der Waals surface area contributed by atoms with E-state index in [0.29, 0.717) is 11.7 Å². The van der Waals surface area contributed by atoms with Gasteiger partial charge in [-0.15, -0.1) is 0 Å². The van der Waals surface area contributed by atoms with Gasteiger partial charge in [-0.25, -0.2) is 14.1 Å². The summed E-state index contributed by atoms with van der Waals surface area (Å²) in [7, 11) is 0. The summed E-state index contributed by atoms with van der Waals surface area (Å²) in [4.78, 5) is 4.60. The molecule has 0 aliphatic carbocycles. The Bertz CT molecular complexity index is 1090. The predicted octanol–water partition coefficient (Wildman–Crippen LogP) is 4.85. The highest BCUT2D eigenvalue weighted by Gasteiger charge is 2.14. The van der Waals surface area contributed by atoms with Gasteiger partial charge in [-0.2, -0.15) is 5.10 Å². The molecular weight excluding hydrogens is 375 g/mol. The lowest BCUT2D eigenvalue weighted by Gasteiger charge is -2.08. The van der Waals surface area contributed by atoms with Gasteiger partial charge in [-0.3, -0.25) is 0 Å². The molecule has 1 N–H and O–H groups in total. The van der Waals surface area contributed by atoms with Gasteiger partial charge in [0.15, 0.2) is 5.65 Å². The molecule has 0 bridgehead atoms. The highest BCUT2D eigenvalue weighted by molar-refractivity contribution is 6.30. The monoisotopic (exact) mass is 394 g/mol. The number of aryl methyl sites for hydroxylation is 1. The number of nitrogens with one attached hydrogen (secondary N) is 1. The van der Waals surface area contributed by atoms with Crippen LogP contribution in [-0.2, 0) is 13.0 Å². The second kappa shape index (κ2) is 8.09. The number of pyridine rings is 1. The maximum absolute atomic E-state index is 13.0. The lowest BCUT2D eigenvalue weighted by molar-refractivity contribution is 0.626. The normalized spacial score (nSPS) is 11.2. The summed E-state index contributed by atoms with van der Waals surface area (Å²) < 4.78 is 14.8. The van der Waals surface area contributed by atoms with Crippen molar-refractivity contribution in [2.75, 3.05) is 6.54 Å². The average Bonchev–Trinajstić information content (AvgIpc) is 3.03. The van der Waals surface area contributed by atoms with Crippen molar-refractivity contribution in [2.45, 2.75) is 19.9 Å². The Balaban J connectivity index is 1.50. The molecule has 6 heteroatoms. The molecule has 4 rings (SSSR count). The molecule has 0 radical (unpaired) electrons. The molecule has 4 nitrogen and oxygen atoms in total. The van der Waals surface area contributed by atoms with Crippen LogP contribution in [0.25, 0.3) is 16.7 Å². The van der Waals surface area contributed by atoms with Crippen molar-refractivity contribution in [3.05, 3.63) is 88.5 Å². The summed E-state index contributed by atoms with van der Waals surface area (Å²) in [6, 6.07) is 18.5. The van der Waals surface area contributed by atoms with Crippen LogP contribution in [0.4, 0.5) is 4.39 Å². The Kier molecular flexibility index (Phi) is 5.37. The first-order chi connectivity index (χ1) is 13.6. The number of hydrogen-bond acceptors (Lipinski definition) is 3. The van der Waals surface area contributed by atoms with E-state index in [9.17, 15) is 4.39 Å². The van der Waals surface area contributed by atoms with Crippen LogP contribution in [-0.4, -0.2) is 21.3 Å². The third-order valence-electron chi connectivity index (χ3n) is 4.69. The molecule has 0 unspecified atom stereocenters. The summed E-state index contributed by atoms with van der Waals surface area (Å²) in [6.07, 6.45) is 0.818. The Hall–Kier alpha value is -2.76. The summed E-state index contributed by atoms with van der Waals surface area (Å²) in [5.74, 6) is -0.214. The summed E-state index contributed by atoms with van der Waals surface area (Å²) in [5, 5.41) is 9.47. The number of aromatic nitrogens is 3. The molecule has 0 saturated heterocycles. The minimum atomic E-state index is -0.214. The van der Waals surface area contributed by atoms with E-state index < -0.39 is 0 Å². The van der Waals surface area contributed by atoms with Crippen molar-refractivity contribution in [2.24, 2.45) is 0 Å². The van der Waals surface area contributed by atoms with Crippen LogP contribution >= 0.6 is 11.6 Å². The van der Waals surface area contributed by atoms with Crippen LogP contribution in [0.2, 0.25) is 5.15 Å². The van der Waals surface area contributed by atoms with Crippen molar-refractivity contribution in [1.82, 2.24) is 20.1 Å². The van der Waals surface area contributed by atoms with E-state index in [4.69, 9.17) is 11.6 Å². The van der Waals surface area contributed by atoms with Crippen molar-refractivity contribution in [3.63, 3.8) is 0 Å². The maximum atomic E-state index is 13.0. The molecule has 4 aromatic rings. The molecule has 2 aromatic heterocycles. The molecule has 0 fully saturated rings. The van der Waals surface area contributed by atoms with Gasteiger partial charge in [-0.1, -0.05) is 41.9 Å². The zero-order chi connectivity index (χ0) is 19.5. The van der Waals surface area contributed by atoms with Gasteiger partial charge < -0.3 is 5.32 Å². The maximum Gasteiger partial charge on any atom is 0.164 e. The zero-order valence-corrected chi connectivity index (χ0v) is 16.2. The van der Waals surface area contributed by atoms with Crippen LogP contribution in [0.3, 0.4) is 0 Å². The Morgan fingerprint density at radius 3 is 2.57 bits per heavy atom. The molecule has 0 aliphatic rings. The fourth-order valence-corrected chi connectivity index (χ4v) is 3.38. The molecule has 0 amide bonds. The van der Waals surface area contributed by atoms with Gasteiger partial charge >= 0.3 is 0 Å². The largest absolute Gasteiger partial charge is 0.312 e. The number of para-hydroxylation sites is 1. The third kappa shape index (κ3) is 3.91. The number of benzene rings is 2. The number of fused-ring (bicyclic) bond motifs is 1. The number of rotatable bonds is 6. The minimum Gasteiger partial charge on any atom is -0.312 e. The summed E-state index contributed by atoms with van der Waals surface area (Å²) in [6.45, 7) is 3.35. The SMILES string of the molecule is Cc1nn(-c2ccccc2)c2nc(Cl)c(CNCCc3ccc(F)cc3)cc12. The minimum absolute atomic E-state index is 0.214. The van der Waals surface area contributed by atoms with E-state index in [2.05, 4.69) is 21.5 Å². The van der Waals surface area contributed by atoms with Crippen LogP contribution in [0.1, 0.15) is 16.8 Å². The quantitative estimate of drug-likeness (QED) is 0.375. The van der Waals surface area contributed by atoms with Gasteiger partial charge in [0.1, 0.15) is 11.0 Å². The highest BCUT2D eigenvalue weighted by atomic mass is 35.5. The fraction of sp³-hybridized carbons (Fsp3) is 0.182. The fourth-order valence-electron chi connectivity index (χ4n) is 3.18. The van der Waals surface area contributed by atoms with E-state index in [0.717, 1.165) is 46.5 Å². The topological polar surface area (TPSA) is 42.7 Å². The third-order valence-corrected chi connectivity index (χ3v) is 5.02. The molecule has 28 heavy (non-hydrogen) atoms.